The van der Waals surface area contributed by atoms with Gasteiger partial charge in [0, 0.05) is 10.9 Å². The number of esters is 1. The van der Waals surface area contributed by atoms with Crippen LogP contribution in [0.2, 0.25) is 0 Å². The molecule has 8 nitrogen and oxygen atoms in total. The van der Waals surface area contributed by atoms with Gasteiger partial charge in [0.1, 0.15) is 5.82 Å². The van der Waals surface area contributed by atoms with Crippen molar-refractivity contribution in [2.75, 3.05) is 12.3 Å². The third kappa shape index (κ3) is 4.36. The molecule has 1 unspecified atom stereocenters. The predicted molar refractivity (Wildman–Crippen MR) is 98.5 cm³/mol. The van der Waals surface area contributed by atoms with Gasteiger partial charge in [0.15, 0.2) is 18.5 Å². The number of benzene rings is 2. The predicted octanol–water partition coefficient (Wildman–Crippen LogP) is 1.05. The van der Waals surface area contributed by atoms with E-state index in [1.165, 1.54) is 0 Å². The minimum atomic E-state index is -1.20. The third-order valence-corrected chi connectivity index (χ3v) is 3.83. The minimum Gasteiger partial charge on any atom is -0.456 e. The summed E-state index contributed by atoms with van der Waals surface area (Å²) in [5.74, 6) is -0.775. The van der Waals surface area contributed by atoms with Gasteiger partial charge in [-0.15, -0.1) is 0 Å². The van der Waals surface area contributed by atoms with Crippen molar-refractivity contribution in [2.24, 2.45) is 0 Å². The number of anilines is 1. The largest absolute Gasteiger partial charge is 0.456 e. The van der Waals surface area contributed by atoms with E-state index in [4.69, 9.17) is 10.5 Å². The average Bonchev–Trinajstić information content (AvgIpc) is 2.70. The first-order chi connectivity index (χ1) is 13.1. The van der Waals surface area contributed by atoms with Gasteiger partial charge in [0.25, 0.3) is 5.91 Å². The van der Waals surface area contributed by atoms with E-state index >= 15 is 0 Å². The minimum absolute atomic E-state index is 0.227. The Morgan fingerprint density at radius 1 is 1.07 bits per heavy atom. The zero-order valence-corrected chi connectivity index (χ0v) is 14.3. The standard InChI is InChI=1S/C19H18N4O4/c20-17-13-8-4-5-9-14(13)21-16(23-17)11-27-19(26)15(10-24)22-18(25)12-6-2-1-3-7-12/h1-9,15,24H,10-11H2,(H,22,25)(H2,20,21,23). The number of ether oxygens (including phenoxy) is 1. The Kier molecular flexibility index (Phi) is 5.58. The molecule has 1 amide bonds. The SMILES string of the molecule is Nc1nc(COC(=O)C(CO)NC(=O)c2ccccc2)nc2ccccc12. The molecule has 0 aliphatic rings. The second-order valence-corrected chi connectivity index (χ2v) is 5.72. The molecule has 8 heteroatoms. The van der Waals surface area contributed by atoms with Crippen molar-refractivity contribution in [2.45, 2.75) is 12.6 Å². The number of carbonyl (C=O) groups is 2. The van der Waals surface area contributed by atoms with Crippen LogP contribution in [-0.4, -0.2) is 39.6 Å². The number of aliphatic hydroxyl groups is 1. The molecule has 1 heterocycles. The monoisotopic (exact) mass is 366 g/mol. The number of nitrogens with two attached hydrogens (primary N) is 1. The molecule has 27 heavy (non-hydrogen) atoms. The summed E-state index contributed by atoms with van der Waals surface area (Å²) in [4.78, 5) is 32.7. The van der Waals surface area contributed by atoms with E-state index in [2.05, 4.69) is 15.3 Å². The summed E-state index contributed by atoms with van der Waals surface area (Å²) in [6.07, 6.45) is 0. The Morgan fingerprint density at radius 3 is 2.52 bits per heavy atom. The van der Waals surface area contributed by atoms with Crippen molar-refractivity contribution in [3.8, 4) is 0 Å². The van der Waals surface area contributed by atoms with Crippen molar-refractivity contribution in [1.82, 2.24) is 15.3 Å². The van der Waals surface area contributed by atoms with Crippen LogP contribution >= 0.6 is 0 Å². The van der Waals surface area contributed by atoms with E-state index in [1.807, 2.05) is 12.1 Å². The molecule has 1 aromatic heterocycles. The maximum absolute atomic E-state index is 12.2. The topological polar surface area (TPSA) is 127 Å². The number of aliphatic hydroxyl groups excluding tert-OH is 1. The van der Waals surface area contributed by atoms with Gasteiger partial charge in [-0.1, -0.05) is 30.3 Å². The van der Waals surface area contributed by atoms with Gasteiger partial charge in [-0.3, -0.25) is 4.79 Å². The number of nitrogen functional groups attached to an aromatic ring is 1. The molecule has 0 fully saturated rings. The number of para-hydroxylation sites is 1. The van der Waals surface area contributed by atoms with Crippen LogP contribution in [-0.2, 0) is 16.1 Å². The maximum Gasteiger partial charge on any atom is 0.331 e. The molecule has 0 radical (unpaired) electrons. The van der Waals surface area contributed by atoms with E-state index < -0.39 is 24.5 Å². The maximum atomic E-state index is 12.2. The molecule has 0 aliphatic heterocycles. The first-order valence-electron chi connectivity index (χ1n) is 8.23. The normalized spacial score (nSPS) is 11.7. The van der Waals surface area contributed by atoms with E-state index in [0.717, 1.165) is 0 Å². The molecule has 1 atom stereocenters. The molecule has 0 saturated carbocycles. The lowest BCUT2D eigenvalue weighted by molar-refractivity contribution is -0.148. The van der Waals surface area contributed by atoms with Crippen LogP contribution in [0.3, 0.4) is 0 Å². The fourth-order valence-corrected chi connectivity index (χ4v) is 2.46. The Morgan fingerprint density at radius 2 is 1.78 bits per heavy atom. The van der Waals surface area contributed by atoms with Crippen molar-refractivity contribution in [3.05, 3.63) is 66.0 Å². The fraction of sp³-hybridized carbons (Fsp3) is 0.158. The number of nitrogens with zero attached hydrogens (tertiary/aromatic N) is 2. The molecule has 0 aliphatic carbocycles. The quantitative estimate of drug-likeness (QED) is 0.556. The third-order valence-electron chi connectivity index (χ3n) is 3.83. The summed E-state index contributed by atoms with van der Waals surface area (Å²) >= 11 is 0. The van der Waals surface area contributed by atoms with Crippen LogP contribution in [0.1, 0.15) is 16.2 Å². The van der Waals surface area contributed by atoms with E-state index in [9.17, 15) is 14.7 Å². The van der Waals surface area contributed by atoms with Gasteiger partial charge in [0.2, 0.25) is 0 Å². The van der Waals surface area contributed by atoms with Crippen molar-refractivity contribution < 1.29 is 19.4 Å². The van der Waals surface area contributed by atoms with Crippen LogP contribution in [0, 0.1) is 0 Å². The number of amides is 1. The van der Waals surface area contributed by atoms with Gasteiger partial charge in [-0.2, -0.15) is 0 Å². The lowest BCUT2D eigenvalue weighted by Crippen LogP contribution is -2.44. The number of fused-ring (bicyclic) bond motifs is 1. The number of hydrogen-bond donors (Lipinski definition) is 3. The second kappa shape index (κ2) is 8.24. The van der Waals surface area contributed by atoms with Crippen LogP contribution < -0.4 is 11.1 Å². The summed E-state index contributed by atoms with van der Waals surface area (Å²) in [7, 11) is 0. The Bertz CT molecular complexity index is 962. The smallest absolute Gasteiger partial charge is 0.331 e. The van der Waals surface area contributed by atoms with Gasteiger partial charge in [-0.25, -0.2) is 14.8 Å². The molecule has 3 aromatic rings. The number of rotatable bonds is 6. The number of carbonyl (C=O) groups excluding carboxylic acids is 2. The van der Waals surface area contributed by atoms with Gasteiger partial charge >= 0.3 is 5.97 Å². The fourth-order valence-electron chi connectivity index (χ4n) is 2.46. The summed E-state index contributed by atoms with van der Waals surface area (Å²) in [6, 6.07) is 14.4. The number of nitrogens with one attached hydrogen (secondary N) is 1. The van der Waals surface area contributed by atoms with Crippen molar-refractivity contribution in [3.63, 3.8) is 0 Å². The number of hydrogen-bond acceptors (Lipinski definition) is 7. The highest BCUT2D eigenvalue weighted by Gasteiger charge is 2.22. The van der Waals surface area contributed by atoms with Crippen LogP contribution in [0.5, 0.6) is 0 Å². The molecular formula is C19H18N4O4. The second-order valence-electron chi connectivity index (χ2n) is 5.72. The summed E-state index contributed by atoms with van der Waals surface area (Å²) in [5, 5.41) is 12.5. The Labute approximate surface area is 155 Å². The zero-order chi connectivity index (χ0) is 19.2. The first kappa shape index (κ1) is 18.3. The number of aromatic nitrogens is 2. The molecule has 4 N–H and O–H groups in total. The summed E-state index contributed by atoms with van der Waals surface area (Å²) in [5.41, 5.74) is 6.89. The summed E-state index contributed by atoms with van der Waals surface area (Å²) < 4.78 is 5.13. The van der Waals surface area contributed by atoms with Gasteiger partial charge < -0.3 is 20.9 Å². The van der Waals surface area contributed by atoms with E-state index in [0.29, 0.717) is 16.5 Å². The zero-order valence-electron chi connectivity index (χ0n) is 14.3. The highest BCUT2D eigenvalue weighted by molar-refractivity contribution is 5.96. The van der Waals surface area contributed by atoms with Crippen LogP contribution in [0.15, 0.2) is 54.6 Å². The molecular weight excluding hydrogens is 348 g/mol. The van der Waals surface area contributed by atoms with E-state index in [-0.39, 0.29) is 18.2 Å². The van der Waals surface area contributed by atoms with Gasteiger partial charge in [0.05, 0.1) is 12.1 Å². The molecule has 138 valence electrons. The summed E-state index contributed by atoms with van der Waals surface area (Å²) in [6.45, 7) is -0.830. The van der Waals surface area contributed by atoms with Crippen LogP contribution in [0.25, 0.3) is 10.9 Å². The molecule has 0 bridgehead atoms. The van der Waals surface area contributed by atoms with Crippen molar-refractivity contribution >= 4 is 28.6 Å². The Hall–Kier alpha value is -3.52. The van der Waals surface area contributed by atoms with Crippen molar-refractivity contribution in [1.29, 1.82) is 0 Å². The molecule has 3 rings (SSSR count). The molecule has 0 saturated heterocycles. The first-order valence-corrected chi connectivity index (χ1v) is 8.23. The highest BCUT2D eigenvalue weighted by Crippen LogP contribution is 2.17. The molecule has 2 aromatic carbocycles. The van der Waals surface area contributed by atoms with Crippen LogP contribution in [0.4, 0.5) is 5.82 Å². The molecule has 0 spiro atoms. The van der Waals surface area contributed by atoms with Gasteiger partial charge in [-0.05, 0) is 24.3 Å². The lowest BCUT2D eigenvalue weighted by Gasteiger charge is -2.15. The lowest BCUT2D eigenvalue weighted by atomic mass is 10.2. The van der Waals surface area contributed by atoms with E-state index in [1.54, 1.807) is 42.5 Å². The average molecular weight is 366 g/mol. The Balaban J connectivity index is 1.64. The highest BCUT2D eigenvalue weighted by atomic mass is 16.5.